The summed E-state index contributed by atoms with van der Waals surface area (Å²) in [4.78, 5) is 14.0. The van der Waals surface area contributed by atoms with E-state index in [0.29, 0.717) is 43.8 Å². The Morgan fingerprint density at radius 2 is 2.00 bits per heavy atom. The van der Waals surface area contributed by atoms with Gasteiger partial charge in [0.2, 0.25) is 5.91 Å². The number of hydrogen-bond acceptors (Lipinski definition) is 6. The largest absolute Gasteiger partial charge is 0.378 e. The summed E-state index contributed by atoms with van der Waals surface area (Å²) in [5.74, 6) is 0.887. The molecule has 2 heterocycles. The summed E-state index contributed by atoms with van der Waals surface area (Å²) in [6.45, 7) is 2.95. The topological polar surface area (TPSA) is 72.3 Å². The third-order valence-corrected chi connectivity index (χ3v) is 4.91. The van der Waals surface area contributed by atoms with Crippen LogP contribution in [0.15, 0.2) is 29.4 Å². The minimum absolute atomic E-state index is 0.0855. The molecule has 2 aromatic rings. The molecule has 25 heavy (non-hydrogen) atoms. The maximum atomic E-state index is 12.9. The highest BCUT2D eigenvalue weighted by Gasteiger charge is 2.18. The van der Waals surface area contributed by atoms with Crippen molar-refractivity contribution in [2.24, 2.45) is 7.05 Å². The smallest absolute Gasteiger partial charge is 0.233 e. The molecule has 0 radical (unpaired) electrons. The number of anilines is 1. The van der Waals surface area contributed by atoms with Crippen molar-refractivity contribution >= 4 is 23.4 Å². The van der Waals surface area contributed by atoms with Crippen LogP contribution in [-0.2, 0) is 23.1 Å². The van der Waals surface area contributed by atoms with Gasteiger partial charge < -0.3 is 19.5 Å². The quantitative estimate of drug-likeness (QED) is 0.783. The van der Waals surface area contributed by atoms with E-state index in [4.69, 9.17) is 4.74 Å². The number of amides is 1. The monoisotopic (exact) mass is 365 g/mol. The van der Waals surface area contributed by atoms with E-state index in [1.807, 2.05) is 16.5 Å². The molecule has 0 saturated carbocycles. The van der Waals surface area contributed by atoms with Crippen molar-refractivity contribution in [3.05, 3.63) is 35.9 Å². The average Bonchev–Trinajstić information content (AvgIpc) is 3.00. The molecule has 1 saturated heterocycles. The summed E-state index contributed by atoms with van der Waals surface area (Å²) in [5, 5.41) is 12.2. The number of ether oxygens (including phenoxy) is 1. The molecule has 9 heteroatoms. The highest BCUT2D eigenvalue weighted by Crippen LogP contribution is 2.17. The fraction of sp³-hybridized carbons (Fsp3) is 0.438. The minimum atomic E-state index is -0.271. The summed E-state index contributed by atoms with van der Waals surface area (Å²) in [7, 11) is 1.86. The summed E-state index contributed by atoms with van der Waals surface area (Å²) in [6.07, 6.45) is 0. The lowest BCUT2D eigenvalue weighted by Gasteiger charge is -2.26. The Kier molecular flexibility index (Phi) is 5.87. The van der Waals surface area contributed by atoms with Crippen molar-refractivity contribution in [3.63, 3.8) is 0 Å². The Balaban J connectivity index is 1.51. The van der Waals surface area contributed by atoms with Crippen LogP contribution in [0.3, 0.4) is 0 Å². The minimum Gasteiger partial charge on any atom is -0.378 e. The molecule has 1 N–H and O–H groups in total. The molecule has 0 aliphatic carbocycles. The third kappa shape index (κ3) is 4.70. The molecule has 1 aliphatic rings. The van der Waals surface area contributed by atoms with Crippen LogP contribution >= 0.6 is 11.8 Å². The second-order valence-corrected chi connectivity index (χ2v) is 6.54. The molecule has 1 fully saturated rings. The number of halogens is 1. The Labute approximate surface area is 149 Å². The number of carbonyl (C=O) groups excluding carboxylic acids is 1. The first-order valence-corrected chi connectivity index (χ1v) is 8.98. The van der Waals surface area contributed by atoms with Crippen LogP contribution in [0.4, 0.5) is 10.1 Å². The van der Waals surface area contributed by atoms with Crippen LogP contribution in [-0.4, -0.2) is 57.6 Å². The fourth-order valence-corrected chi connectivity index (χ4v) is 3.24. The maximum Gasteiger partial charge on any atom is 0.233 e. The number of thioether (sulfide) groups is 1. The van der Waals surface area contributed by atoms with Gasteiger partial charge in [-0.15, -0.1) is 10.2 Å². The van der Waals surface area contributed by atoms with E-state index in [1.54, 1.807) is 12.1 Å². The molecule has 0 spiro atoms. The van der Waals surface area contributed by atoms with Gasteiger partial charge >= 0.3 is 0 Å². The fourth-order valence-electron chi connectivity index (χ4n) is 2.40. The second kappa shape index (κ2) is 8.30. The highest BCUT2D eigenvalue weighted by molar-refractivity contribution is 7.99. The van der Waals surface area contributed by atoms with Crippen LogP contribution in [0, 0.1) is 5.82 Å². The second-order valence-electron chi connectivity index (χ2n) is 5.60. The number of morpholine rings is 1. The Morgan fingerprint density at radius 3 is 2.72 bits per heavy atom. The molecule has 3 rings (SSSR count). The molecule has 1 aromatic carbocycles. The standard InChI is InChI=1S/C16H20FN5O2S/c1-21-14(10-18-13-4-2-12(17)3-5-13)19-20-16(21)25-11-15(23)22-6-8-24-9-7-22/h2-5,18H,6-11H2,1H3. The zero-order valence-electron chi connectivity index (χ0n) is 13.9. The van der Waals surface area contributed by atoms with Crippen LogP contribution in [0.2, 0.25) is 0 Å². The summed E-state index contributed by atoms with van der Waals surface area (Å²) < 4.78 is 20.0. The number of carbonyl (C=O) groups is 1. The van der Waals surface area contributed by atoms with Gasteiger partial charge in [-0.1, -0.05) is 11.8 Å². The van der Waals surface area contributed by atoms with Gasteiger partial charge in [0.05, 0.1) is 25.5 Å². The number of hydrogen-bond donors (Lipinski definition) is 1. The molecule has 0 unspecified atom stereocenters. The lowest BCUT2D eigenvalue weighted by molar-refractivity contribution is -0.132. The van der Waals surface area contributed by atoms with Gasteiger partial charge in [0, 0.05) is 25.8 Å². The number of aromatic nitrogens is 3. The Bertz CT molecular complexity index is 716. The molecule has 1 amide bonds. The lowest BCUT2D eigenvalue weighted by Crippen LogP contribution is -2.41. The average molecular weight is 365 g/mol. The van der Waals surface area contributed by atoms with E-state index in [1.165, 1.54) is 23.9 Å². The zero-order chi connectivity index (χ0) is 17.6. The van der Waals surface area contributed by atoms with Gasteiger partial charge in [-0.25, -0.2) is 4.39 Å². The van der Waals surface area contributed by atoms with Crippen molar-refractivity contribution in [1.29, 1.82) is 0 Å². The normalized spacial score (nSPS) is 14.6. The molecule has 1 aliphatic heterocycles. The number of benzene rings is 1. The van der Waals surface area contributed by atoms with Crippen molar-refractivity contribution in [2.75, 3.05) is 37.4 Å². The van der Waals surface area contributed by atoms with Crippen molar-refractivity contribution in [2.45, 2.75) is 11.7 Å². The van der Waals surface area contributed by atoms with Gasteiger partial charge in [-0.3, -0.25) is 4.79 Å². The predicted octanol–water partition coefficient (Wildman–Crippen LogP) is 1.52. The zero-order valence-corrected chi connectivity index (χ0v) is 14.8. The van der Waals surface area contributed by atoms with Gasteiger partial charge in [0.1, 0.15) is 5.82 Å². The molecule has 0 atom stereocenters. The molecule has 1 aromatic heterocycles. The van der Waals surface area contributed by atoms with Crippen molar-refractivity contribution in [3.8, 4) is 0 Å². The van der Waals surface area contributed by atoms with Gasteiger partial charge in [-0.2, -0.15) is 0 Å². The van der Waals surface area contributed by atoms with Crippen LogP contribution in [0.1, 0.15) is 5.82 Å². The van der Waals surface area contributed by atoms with E-state index in [-0.39, 0.29) is 11.7 Å². The number of nitrogens with one attached hydrogen (secondary N) is 1. The van der Waals surface area contributed by atoms with E-state index < -0.39 is 0 Å². The third-order valence-electron chi connectivity index (χ3n) is 3.91. The summed E-state index contributed by atoms with van der Waals surface area (Å²) >= 11 is 1.37. The Morgan fingerprint density at radius 1 is 1.28 bits per heavy atom. The van der Waals surface area contributed by atoms with E-state index in [9.17, 15) is 9.18 Å². The maximum absolute atomic E-state index is 12.9. The molecular weight excluding hydrogens is 345 g/mol. The Hall–Kier alpha value is -2.13. The van der Waals surface area contributed by atoms with Crippen LogP contribution < -0.4 is 5.32 Å². The lowest BCUT2D eigenvalue weighted by atomic mass is 10.3. The van der Waals surface area contributed by atoms with Crippen molar-refractivity contribution < 1.29 is 13.9 Å². The first-order chi connectivity index (χ1) is 12.1. The molecule has 7 nitrogen and oxygen atoms in total. The van der Waals surface area contributed by atoms with E-state index >= 15 is 0 Å². The van der Waals surface area contributed by atoms with Gasteiger partial charge in [0.15, 0.2) is 11.0 Å². The van der Waals surface area contributed by atoms with Crippen LogP contribution in [0.25, 0.3) is 0 Å². The van der Waals surface area contributed by atoms with E-state index in [2.05, 4.69) is 15.5 Å². The first kappa shape index (κ1) is 17.7. The van der Waals surface area contributed by atoms with Crippen LogP contribution in [0.5, 0.6) is 0 Å². The van der Waals surface area contributed by atoms with Gasteiger partial charge in [0.25, 0.3) is 0 Å². The molecular formula is C16H20FN5O2S. The summed E-state index contributed by atoms with van der Waals surface area (Å²) in [5.41, 5.74) is 0.807. The van der Waals surface area contributed by atoms with E-state index in [0.717, 1.165) is 11.5 Å². The van der Waals surface area contributed by atoms with Crippen molar-refractivity contribution in [1.82, 2.24) is 19.7 Å². The molecule has 0 bridgehead atoms. The number of rotatable bonds is 6. The number of nitrogens with zero attached hydrogens (tertiary/aromatic N) is 4. The highest BCUT2D eigenvalue weighted by atomic mass is 32.2. The summed E-state index contributed by atoms with van der Waals surface area (Å²) in [6, 6.07) is 6.14. The first-order valence-electron chi connectivity index (χ1n) is 7.99. The SMILES string of the molecule is Cn1c(CNc2ccc(F)cc2)nnc1SCC(=O)N1CCOCC1. The molecule has 134 valence electrons. The van der Waals surface area contributed by atoms with Gasteiger partial charge in [-0.05, 0) is 24.3 Å². The predicted molar refractivity (Wildman–Crippen MR) is 92.9 cm³/mol.